The molecule has 0 heterocycles. The maximum atomic E-state index is 13.2. The van der Waals surface area contributed by atoms with Crippen molar-refractivity contribution in [2.45, 2.75) is 12.2 Å². The zero-order chi connectivity index (χ0) is 12.6. The summed E-state index contributed by atoms with van der Waals surface area (Å²) in [4.78, 5) is 16.8. The first-order chi connectivity index (χ1) is 7.20. The SMILES string of the molecule is NCc1ccc(C(F)(F)P(=O)(O)O)c(F)c1. The van der Waals surface area contributed by atoms with E-state index in [1.807, 2.05) is 0 Å². The summed E-state index contributed by atoms with van der Waals surface area (Å²) in [6.07, 6.45) is 0. The summed E-state index contributed by atoms with van der Waals surface area (Å²) in [6, 6.07) is 2.43. The first-order valence-corrected chi connectivity index (χ1v) is 5.74. The molecule has 0 amide bonds. The van der Waals surface area contributed by atoms with Crippen LogP contribution in [-0.2, 0) is 16.8 Å². The van der Waals surface area contributed by atoms with Crippen molar-refractivity contribution in [2.24, 2.45) is 5.73 Å². The molecule has 0 aliphatic heterocycles. The van der Waals surface area contributed by atoms with Crippen LogP contribution >= 0.6 is 7.60 Å². The molecule has 1 aromatic rings. The molecular formula is C8H9F3NO3P. The van der Waals surface area contributed by atoms with Crippen LogP contribution in [0.25, 0.3) is 0 Å². The molecule has 0 aromatic heterocycles. The Kier molecular flexibility index (Phi) is 3.44. The summed E-state index contributed by atoms with van der Waals surface area (Å²) in [6.45, 7) is -0.0569. The highest BCUT2D eigenvalue weighted by Crippen LogP contribution is 2.59. The first kappa shape index (κ1) is 13.2. The van der Waals surface area contributed by atoms with Gasteiger partial charge in [0.2, 0.25) is 0 Å². The summed E-state index contributed by atoms with van der Waals surface area (Å²) in [5.41, 5.74) is -0.464. The van der Waals surface area contributed by atoms with Crippen LogP contribution in [0.3, 0.4) is 0 Å². The van der Waals surface area contributed by atoms with Gasteiger partial charge in [-0.05, 0) is 17.7 Å². The average Bonchev–Trinajstić information content (AvgIpc) is 2.15. The fourth-order valence-electron chi connectivity index (χ4n) is 1.09. The molecule has 0 saturated heterocycles. The molecule has 0 radical (unpaired) electrons. The van der Waals surface area contributed by atoms with E-state index in [1.165, 1.54) is 0 Å². The molecule has 8 heteroatoms. The van der Waals surface area contributed by atoms with Gasteiger partial charge in [0.1, 0.15) is 5.82 Å². The monoisotopic (exact) mass is 255 g/mol. The molecule has 1 rings (SSSR count). The first-order valence-electron chi connectivity index (χ1n) is 4.12. The lowest BCUT2D eigenvalue weighted by atomic mass is 10.1. The Hall–Kier alpha value is -0.880. The van der Waals surface area contributed by atoms with Gasteiger partial charge < -0.3 is 15.5 Å². The molecule has 0 atom stereocenters. The quantitative estimate of drug-likeness (QED) is 0.715. The van der Waals surface area contributed by atoms with Crippen LogP contribution in [0.5, 0.6) is 0 Å². The van der Waals surface area contributed by atoms with Crippen molar-refractivity contribution < 1.29 is 27.5 Å². The van der Waals surface area contributed by atoms with Crippen molar-refractivity contribution in [1.29, 1.82) is 0 Å². The van der Waals surface area contributed by atoms with Crippen molar-refractivity contribution in [3.8, 4) is 0 Å². The van der Waals surface area contributed by atoms with Crippen molar-refractivity contribution in [3.05, 3.63) is 35.1 Å². The molecular weight excluding hydrogens is 246 g/mol. The van der Waals surface area contributed by atoms with E-state index in [0.717, 1.165) is 12.1 Å². The van der Waals surface area contributed by atoms with Gasteiger partial charge in [0.05, 0.1) is 5.56 Å². The Morgan fingerprint density at radius 2 is 1.94 bits per heavy atom. The minimum Gasteiger partial charge on any atom is -0.326 e. The van der Waals surface area contributed by atoms with Gasteiger partial charge >= 0.3 is 13.3 Å². The van der Waals surface area contributed by atoms with Crippen LogP contribution in [0.15, 0.2) is 18.2 Å². The largest absolute Gasteiger partial charge is 0.399 e. The van der Waals surface area contributed by atoms with Gasteiger partial charge in [-0.15, -0.1) is 0 Å². The standard InChI is InChI=1S/C8H9F3NO3P/c9-7-3-5(4-12)1-2-6(7)8(10,11)16(13,14)15/h1-3H,4,12H2,(H2,13,14,15). The molecule has 0 unspecified atom stereocenters. The Labute approximate surface area is 89.0 Å². The number of hydrogen-bond donors (Lipinski definition) is 3. The maximum absolute atomic E-state index is 13.2. The lowest BCUT2D eigenvalue weighted by Gasteiger charge is -2.18. The van der Waals surface area contributed by atoms with Crippen LogP contribution in [0.2, 0.25) is 0 Å². The highest BCUT2D eigenvalue weighted by atomic mass is 31.2. The number of nitrogens with two attached hydrogens (primary N) is 1. The molecule has 16 heavy (non-hydrogen) atoms. The number of hydrogen-bond acceptors (Lipinski definition) is 2. The van der Waals surface area contributed by atoms with Gasteiger partial charge in [-0.2, -0.15) is 8.78 Å². The third kappa shape index (κ3) is 2.27. The van der Waals surface area contributed by atoms with Gasteiger partial charge in [-0.25, -0.2) is 4.39 Å². The molecule has 0 spiro atoms. The van der Waals surface area contributed by atoms with Crippen molar-refractivity contribution in [2.75, 3.05) is 0 Å². The van der Waals surface area contributed by atoms with Gasteiger partial charge in [0.25, 0.3) is 0 Å². The molecule has 90 valence electrons. The minimum atomic E-state index is -5.75. The number of halogens is 3. The number of rotatable bonds is 3. The second-order valence-corrected chi connectivity index (χ2v) is 4.75. The van der Waals surface area contributed by atoms with Gasteiger partial charge in [-0.1, -0.05) is 6.07 Å². The van der Waals surface area contributed by atoms with Crippen molar-refractivity contribution in [1.82, 2.24) is 0 Å². The molecule has 0 fully saturated rings. The number of alkyl halides is 2. The highest BCUT2D eigenvalue weighted by Gasteiger charge is 2.51. The predicted octanol–water partition coefficient (Wildman–Crippen LogP) is 1.51. The lowest BCUT2D eigenvalue weighted by Crippen LogP contribution is -2.16. The second-order valence-electron chi connectivity index (χ2n) is 3.10. The second kappa shape index (κ2) is 4.18. The summed E-state index contributed by atoms with van der Waals surface area (Å²) in [5.74, 6) is -1.39. The molecule has 0 aliphatic carbocycles. The normalized spacial score (nSPS) is 12.9. The third-order valence-electron chi connectivity index (χ3n) is 1.96. The van der Waals surface area contributed by atoms with E-state index in [2.05, 4.69) is 0 Å². The summed E-state index contributed by atoms with van der Waals surface area (Å²) >= 11 is 0. The van der Waals surface area contributed by atoms with E-state index in [0.29, 0.717) is 6.07 Å². The van der Waals surface area contributed by atoms with E-state index < -0.39 is 24.6 Å². The zero-order valence-corrected chi connectivity index (χ0v) is 8.79. The molecule has 0 aliphatic rings. The van der Waals surface area contributed by atoms with Crippen molar-refractivity contribution in [3.63, 3.8) is 0 Å². The average molecular weight is 255 g/mol. The van der Waals surface area contributed by atoms with Crippen LogP contribution in [0.1, 0.15) is 11.1 Å². The van der Waals surface area contributed by atoms with Crippen LogP contribution < -0.4 is 5.73 Å². The maximum Gasteiger partial charge on any atom is 0.399 e. The van der Waals surface area contributed by atoms with Gasteiger partial charge in [0.15, 0.2) is 0 Å². The topological polar surface area (TPSA) is 83.6 Å². The van der Waals surface area contributed by atoms with E-state index in [-0.39, 0.29) is 12.1 Å². The molecule has 4 nitrogen and oxygen atoms in total. The van der Waals surface area contributed by atoms with Crippen LogP contribution in [-0.4, -0.2) is 9.79 Å². The molecule has 0 saturated carbocycles. The highest BCUT2D eigenvalue weighted by molar-refractivity contribution is 7.52. The minimum absolute atomic E-state index is 0.0569. The van der Waals surface area contributed by atoms with E-state index in [4.69, 9.17) is 15.5 Å². The fraction of sp³-hybridized carbons (Fsp3) is 0.250. The predicted molar refractivity (Wildman–Crippen MR) is 50.2 cm³/mol. The Morgan fingerprint density at radius 1 is 1.38 bits per heavy atom. The Balaban J connectivity index is 3.30. The van der Waals surface area contributed by atoms with Gasteiger partial charge in [0, 0.05) is 6.54 Å². The molecule has 4 N–H and O–H groups in total. The Bertz CT molecular complexity index is 446. The smallest absolute Gasteiger partial charge is 0.326 e. The van der Waals surface area contributed by atoms with Crippen LogP contribution in [0.4, 0.5) is 13.2 Å². The summed E-state index contributed by atoms with van der Waals surface area (Å²) < 4.78 is 49.9. The Morgan fingerprint density at radius 3 is 2.31 bits per heavy atom. The van der Waals surface area contributed by atoms with Crippen molar-refractivity contribution >= 4 is 7.60 Å². The summed E-state index contributed by atoms with van der Waals surface area (Å²) in [7, 11) is -5.75. The van der Waals surface area contributed by atoms with E-state index in [1.54, 1.807) is 0 Å². The fourth-order valence-corrected chi connectivity index (χ4v) is 1.58. The number of benzene rings is 1. The summed E-state index contributed by atoms with van der Waals surface area (Å²) in [5, 5.41) is 0. The molecule has 1 aromatic carbocycles. The lowest BCUT2D eigenvalue weighted by molar-refractivity contribution is 0.0527. The van der Waals surface area contributed by atoms with Crippen LogP contribution in [0, 0.1) is 5.82 Å². The van der Waals surface area contributed by atoms with E-state index in [9.17, 15) is 17.7 Å². The van der Waals surface area contributed by atoms with Gasteiger partial charge in [-0.3, -0.25) is 4.57 Å². The third-order valence-corrected chi connectivity index (χ3v) is 2.93. The zero-order valence-electron chi connectivity index (χ0n) is 7.90. The molecule has 0 bridgehead atoms. The van der Waals surface area contributed by atoms with E-state index >= 15 is 0 Å².